The van der Waals surface area contributed by atoms with Gasteiger partial charge in [-0.1, -0.05) is 26.7 Å². The third kappa shape index (κ3) is 4.56. The zero-order valence-corrected chi connectivity index (χ0v) is 15.8. The first-order valence-corrected chi connectivity index (χ1v) is 9.58. The Kier molecular flexibility index (Phi) is 5.54. The van der Waals surface area contributed by atoms with Gasteiger partial charge in [0.1, 0.15) is 5.82 Å². The van der Waals surface area contributed by atoms with Crippen molar-refractivity contribution in [3.8, 4) is 0 Å². The summed E-state index contributed by atoms with van der Waals surface area (Å²) in [4.78, 5) is 11.6. The second-order valence-electron chi connectivity index (χ2n) is 7.62. The van der Waals surface area contributed by atoms with Crippen molar-refractivity contribution in [3.63, 3.8) is 0 Å². The lowest BCUT2D eigenvalue weighted by Crippen LogP contribution is -2.39. The van der Waals surface area contributed by atoms with Gasteiger partial charge in [0.15, 0.2) is 5.11 Å². The number of nitrogens with one attached hydrogen (secondary N) is 2. The van der Waals surface area contributed by atoms with Crippen LogP contribution in [0.15, 0.2) is 6.07 Å². The van der Waals surface area contributed by atoms with Crippen molar-refractivity contribution in [2.45, 2.75) is 58.9 Å². The van der Waals surface area contributed by atoms with Gasteiger partial charge in [0, 0.05) is 30.9 Å². The highest BCUT2D eigenvalue weighted by Crippen LogP contribution is 2.26. The third-order valence-electron chi connectivity index (χ3n) is 4.95. The van der Waals surface area contributed by atoms with E-state index < -0.39 is 0 Å². The van der Waals surface area contributed by atoms with Crippen molar-refractivity contribution in [1.82, 2.24) is 15.3 Å². The smallest absolute Gasteiger partial charge is 0.231 e. The molecule has 0 amide bonds. The molecule has 1 saturated carbocycles. The van der Waals surface area contributed by atoms with Crippen molar-refractivity contribution < 1.29 is 0 Å². The van der Waals surface area contributed by atoms with Crippen molar-refractivity contribution in [1.29, 1.82) is 0 Å². The lowest BCUT2D eigenvalue weighted by Gasteiger charge is -2.36. The van der Waals surface area contributed by atoms with Gasteiger partial charge in [-0.05, 0) is 50.2 Å². The predicted octanol–water partition coefficient (Wildman–Crippen LogP) is 3.50. The zero-order chi connectivity index (χ0) is 17.1. The van der Waals surface area contributed by atoms with Crippen LogP contribution >= 0.6 is 12.2 Å². The Morgan fingerprint density at radius 3 is 2.50 bits per heavy atom. The molecule has 0 aromatic carbocycles. The van der Waals surface area contributed by atoms with Gasteiger partial charge in [-0.15, -0.1) is 0 Å². The Bertz CT molecular complexity index is 575. The van der Waals surface area contributed by atoms with Gasteiger partial charge in [-0.3, -0.25) is 0 Å². The molecule has 6 heteroatoms. The minimum absolute atomic E-state index is 0.498. The quantitative estimate of drug-likeness (QED) is 0.816. The van der Waals surface area contributed by atoms with Crippen LogP contribution in [-0.4, -0.2) is 34.2 Å². The molecule has 2 fully saturated rings. The summed E-state index contributed by atoms with van der Waals surface area (Å²) in [6, 6.07) is 2.57. The average molecular weight is 348 g/mol. The summed E-state index contributed by atoms with van der Waals surface area (Å²) in [5, 5.41) is 7.21. The lowest BCUT2D eigenvalue weighted by molar-refractivity contribution is 0.355. The number of aromatic nitrogens is 2. The van der Waals surface area contributed by atoms with E-state index in [1.807, 2.05) is 6.92 Å². The van der Waals surface area contributed by atoms with Gasteiger partial charge in [-0.25, -0.2) is 4.98 Å². The summed E-state index contributed by atoms with van der Waals surface area (Å²) in [5.74, 6) is 3.01. The van der Waals surface area contributed by atoms with Crippen LogP contribution in [-0.2, 0) is 0 Å². The summed E-state index contributed by atoms with van der Waals surface area (Å²) in [6.45, 7) is 8.77. The molecule has 2 heterocycles. The maximum Gasteiger partial charge on any atom is 0.231 e. The average Bonchev–Trinajstić information content (AvgIpc) is 2.98. The fraction of sp³-hybridized carbons (Fsp3) is 0.722. The van der Waals surface area contributed by atoms with E-state index in [1.165, 1.54) is 32.1 Å². The van der Waals surface area contributed by atoms with Gasteiger partial charge >= 0.3 is 0 Å². The summed E-state index contributed by atoms with van der Waals surface area (Å²) in [7, 11) is 0. The van der Waals surface area contributed by atoms with Crippen molar-refractivity contribution >= 4 is 29.1 Å². The summed E-state index contributed by atoms with van der Waals surface area (Å²) in [5.41, 5.74) is 0.969. The van der Waals surface area contributed by atoms with Gasteiger partial charge in [0.2, 0.25) is 5.95 Å². The zero-order valence-electron chi connectivity index (χ0n) is 15.0. The van der Waals surface area contributed by atoms with Gasteiger partial charge in [0.25, 0.3) is 0 Å². The number of piperidine rings is 1. The number of thiocarbonyl (C=S) groups is 1. The highest BCUT2D eigenvalue weighted by atomic mass is 32.1. The molecule has 2 atom stereocenters. The molecule has 24 heavy (non-hydrogen) atoms. The van der Waals surface area contributed by atoms with E-state index in [0.29, 0.717) is 28.9 Å². The summed E-state index contributed by atoms with van der Waals surface area (Å²) in [6.07, 6.45) is 6.27. The molecule has 3 rings (SSSR count). The molecular weight excluding hydrogens is 318 g/mol. The minimum atomic E-state index is 0.498. The minimum Gasteiger partial charge on any atom is -0.360 e. The standard InChI is InChI=1S/C18H29N5S/c1-12-8-13(2)11-23(10-12)16-9-14(3)19-17(21-16)22-18(24)20-15-6-4-5-7-15/h9,12-13,15H,4-8,10-11H2,1-3H3,(H2,19,20,21,22,24)/t12-,13-/m0/s1. The number of nitrogens with zero attached hydrogens (tertiary/aromatic N) is 3. The van der Waals surface area contributed by atoms with Gasteiger partial charge in [-0.2, -0.15) is 4.98 Å². The fourth-order valence-corrected chi connectivity index (χ4v) is 4.27. The van der Waals surface area contributed by atoms with E-state index in [4.69, 9.17) is 17.2 Å². The number of rotatable bonds is 3. The number of hydrogen-bond acceptors (Lipinski definition) is 4. The number of hydrogen-bond donors (Lipinski definition) is 2. The van der Waals surface area contributed by atoms with E-state index in [1.54, 1.807) is 0 Å². The Balaban J connectivity index is 1.67. The van der Waals surface area contributed by atoms with Crippen LogP contribution in [0.5, 0.6) is 0 Å². The van der Waals surface area contributed by atoms with Crippen LogP contribution in [0.3, 0.4) is 0 Å². The van der Waals surface area contributed by atoms with E-state index in [0.717, 1.165) is 24.6 Å². The highest BCUT2D eigenvalue weighted by molar-refractivity contribution is 7.80. The number of aryl methyl sites for hydroxylation is 1. The molecule has 5 nitrogen and oxygen atoms in total. The third-order valence-corrected chi connectivity index (χ3v) is 5.17. The Morgan fingerprint density at radius 2 is 1.83 bits per heavy atom. The molecule has 1 aliphatic carbocycles. The van der Waals surface area contributed by atoms with Crippen LogP contribution < -0.4 is 15.5 Å². The molecule has 1 aromatic rings. The van der Waals surface area contributed by atoms with Crippen molar-refractivity contribution in [2.75, 3.05) is 23.3 Å². The summed E-state index contributed by atoms with van der Waals surface area (Å²) < 4.78 is 0. The largest absolute Gasteiger partial charge is 0.360 e. The van der Waals surface area contributed by atoms with E-state index in [-0.39, 0.29) is 0 Å². The molecule has 2 aliphatic rings. The van der Waals surface area contributed by atoms with Crippen LogP contribution in [0.4, 0.5) is 11.8 Å². The Hall–Kier alpha value is -1.43. The topological polar surface area (TPSA) is 53.1 Å². The Labute approximate surface area is 150 Å². The van der Waals surface area contributed by atoms with E-state index in [2.05, 4.69) is 40.4 Å². The van der Waals surface area contributed by atoms with Crippen molar-refractivity contribution in [3.05, 3.63) is 11.8 Å². The molecule has 1 aliphatic heterocycles. The first-order chi connectivity index (χ1) is 11.5. The van der Waals surface area contributed by atoms with Crippen LogP contribution in [0, 0.1) is 18.8 Å². The second kappa shape index (κ2) is 7.64. The molecule has 0 bridgehead atoms. The molecule has 1 saturated heterocycles. The van der Waals surface area contributed by atoms with Crippen molar-refractivity contribution in [2.24, 2.45) is 11.8 Å². The normalized spacial score (nSPS) is 24.9. The van der Waals surface area contributed by atoms with Crippen LogP contribution in [0.2, 0.25) is 0 Å². The molecule has 0 radical (unpaired) electrons. The summed E-state index contributed by atoms with van der Waals surface area (Å²) >= 11 is 5.44. The Morgan fingerprint density at radius 1 is 1.17 bits per heavy atom. The molecule has 0 spiro atoms. The monoisotopic (exact) mass is 347 g/mol. The SMILES string of the molecule is Cc1cc(N2C[C@@H](C)C[C@H](C)C2)nc(NC(=S)NC2CCCC2)n1. The van der Waals surface area contributed by atoms with E-state index in [9.17, 15) is 0 Å². The molecule has 0 unspecified atom stereocenters. The first kappa shape index (κ1) is 17.4. The second-order valence-corrected chi connectivity index (χ2v) is 8.03. The first-order valence-electron chi connectivity index (χ1n) is 9.17. The predicted molar refractivity (Wildman–Crippen MR) is 104 cm³/mol. The molecule has 2 N–H and O–H groups in total. The molecular formula is C18H29N5S. The van der Waals surface area contributed by atoms with Crippen LogP contribution in [0.25, 0.3) is 0 Å². The molecule has 1 aromatic heterocycles. The highest BCUT2D eigenvalue weighted by Gasteiger charge is 2.23. The maximum absolute atomic E-state index is 5.44. The van der Waals surface area contributed by atoms with Gasteiger partial charge in [0.05, 0.1) is 0 Å². The van der Waals surface area contributed by atoms with Gasteiger partial charge < -0.3 is 15.5 Å². The van der Waals surface area contributed by atoms with Crippen LogP contribution in [0.1, 0.15) is 51.6 Å². The van der Waals surface area contributed by atoms with E-state index >= 15 is 0 Å². The number of anilines is 2. The fourth-order valence-electron chi connectivity index (χ4n) is 4.01. The molecule has 132 valence electrons. The maximum atomic E-state index is 5.44. The lowest BCUT2D eigenvalue weighted by atomic mass is 9.92.